The molecule has 0 aliphatic rings. The van der Waals surface area contributed by atoms with Crippen LogP contribution >= 0.6 is 0 Å². The quantitative estimate of drug-likeness (QED) is 0.465. The molecule has 118 valence electrons. The lowest BCUT2D eigenvalue weighted by molar-refractivity contribution is -0.135. The molecule has 4 heteroatoms. The van der Waals surface area contributed by atoms with Crippen molar-refractivity contribution < 1.29 is 14.3 Å². The van der Waals surface area contributed by atoms with Crippen LogP contribution in [0.2, 0.25) is 0 Å². The fourth-order valence-electron chi connectivity index (χ4n) is 1.97. The molecule has 0 aliphatic carbocycles. The predicted octanol–water partition coefficient (Wildman–Crippen LogP) is 4.15. The van der Waals surface area contributed by atoms with Gasteiger partial charge < -0.3 is 4.74 Å². The molecule has 0 aliphatic heterocycles. The van der Waals surface area contributed by atoms with Crippen LogP contribution < -0.4 is 4.74 Å². The van der Waals surface area contributed by atoms with Gasteiger partial charge in [-0.1, -0.05) is 32.9 Å². The van der Waals surface area contributed by atoms with Crippen LogP contribution in [0.3, 0.4) is 0 Å². The normalized spacial score (nSPS) is 13.8. The summed E-state index contributed by atoms with van der Waals surface area (Å²) < 4.78 is 5.29. The highest BCUT2D eigenvalue weighted by molar-refractivity contribution is 5.97. The maximum absolute atomic E-state index is 12.0. The molecular formula is C18H23NO3. The maximum Gasteiger partial charge on any atom is 0.311 e. The summed E-state index contributed by atoms with van der Waals surface area (Å²) in [6.07, 6.45) is 0.543. The van der Waals surface area contributed by atoms with Gasteiger partial charge in [0.05, 0.1) is 17.0 Å². The molecule has 0 aromatic heterocycles. The fourth-order valence-corrected chi connectivity index (χ4v) is 1.97. The molecule has 1 aromatic rings. The molecule has 0 bridgehead atoms. The summed E-state index contributed by atoms with van der Waals surface area (Å²) in [5.41, 5.74) is -0.472. The molecule has 0 saturated carbocycles. The van der Waals surface area contributed by atoms with Crippen LogP contribution in [-0.2, 0) is 4.79 Å². The van der Waals surface area contributed by atoms with Gasteiger partial charge in [-0.05, 0) is 37.8 Å². The molecule has 0 amide bonds. The van der Waals surface area contributed by atoms with Gasteiger partial charge >= 0.3 is 5.97 Å². The molecule has 1 atom stereocenters. The Balaban J connectivity index is 2.77. The second kappa shape index (κ2) is 6.74. The number of hydrogen-bond acceptors (Lipinski definition) is 4. The number of para-hydroxylation sites is 1. The summed E-state index contributed by atoms with van der Waals surface area (Å²) >= 11 is 0. The van der Waals surface area contributed by atoms with E-state index in [1.54, 1.807) is 24.3 Å². The Morgan fingerprint density at radius 2 is 1.77 bits per heavy atom. The highest BCUT2D eigenvalue weighted by Crippen LogP contribution is 2.41. The number of esters is 1. The lowest BCUT2D eigenvalue weighted by Gasteiger charge is -2.35. The van der Waals surface area contributed by atoms with Crippen molar-refractivity contribution in [2.75, 3.05) is 0 Å². The number of hydrogen-bond donors (Lipinski definition) is 0. The second-order valence-corrected chi connectivity index (χ2v) is 6.72. The first-order valence-electron chi connectivity index (χ1n) is 7.32. The minimum absolute atomic E-state index is 0.133. The first-order chi connectivity index (χ1) is 10.1. The number of rotatable bonds is 5. The molecule has 1 rings (SSSR count). The summed E-state index contributed by atoms with van der Waals surface area (Å²) in [6.45, 7) is 9.22. The topological polar surface area (TPSA) is 67.2 Å². The molecule has 0 fully saturated rings. The minimum atomic E-state index is -0.619. The summed E-state index contributed by atoms with van der Waals surface area (Å²) in [4.78, 5) is 23.5. The van der Waals surface area contributed by atoms with Crippen molar-refractivity contribution >= 4 is 11.8 Å². The van der Waals surface area contributed by atoms with Crippen LogP contribution in [0.5, 0.6) is 5.75 Å². The van der Waals surface area contributed by atoms with Crippen molar-refractivity contribution in [2.45, 2.75) is 47.5 Å². The zero-order chi connectivity index (χ0) is 17.0. The molecule has 0 spiro atoms. The molecular weight excluding hydrogens is 278 g/mol. The number of Topliss-reactive ketones (excluding diaryl/α,β-unsaturated/α-hetero) is 1. The Kier molecular flexibility index (Phi) is 5.48. The molecule has 0 heterocycles. The molecule has 1 unspecified atom stereocenters. The lowest BCUT2D eigenvalue weighted by atomic mass is 9.66. The van der Waals surface area contributed by atoms with E-state index < -0.39 is 11.4 Å². The zero-order valence-electron chi connectivity index (χ0n) is 13.9. The van der Waals surface area contributed by atoms with Gasteiger partial charge in [-0.15, -0.1) is 0 Å². The average Bonchev–Trinajstić information content (AvgIpc) is 2.43. The van der Waals surface area contributed by atoms with Crippen molar-refractivity contribution in [3.8, 4) is 11.8 Å². The largest absolute Gasteiger partial charge is 0.426 e. The second-order valence-electron chi connectivity index (χ2n) is 6.72. The van der Waals surface area contributed by atoms with Gasteiger partial charge in [0.1, 0.15) is 5.75 Å². The number of carbonyl (C=O) groups is 2. The Morgan fingerprint density at radius 1 is 1.18 bits per heavy atom. The zero-order valence-corrected chi connectivity index (χ0v) is 13.9. The van der Waals surface area contributed by atoms with Gasteiger partial charge in [0.25, 0.3) is 0 Å². The SMILES string of the molecule is CC(=O)c1ccccc1OC(=O)CCC(C)(C#N)C(C)(C)C. The number of ether oxygens (including phenoxy) is 1. The fraction of sp³-hybridized carbons (Fsp3) is 0.500. The first-order valence-corrected chi connectivity index (χ1v) is 7.32. The van der Waals surface area contributed by atoms with E-state index in [0.29, 0.717) is 12.0 Å². The predicted molar refractivity (Wildman–Crippen MR) is 84.5 cm³/mol. The van der Waals surface area contributed by atoms with E-state index in [1.165, 1.54) is 6.92 Å². The Bertz CT molecular complexity index is 607. The van der Waals surface area contributed by atoms with Crippen molar-refractivity contribution in [1.29, 1.82) is 5.26 Å². The van der Waals surface area contributed by atoms with Gasteiger partial charge in [-0.3, -0.25) is 9.59 Å². The van der Waals surface area contributed by atoms with Crippen LogP contribution in [0.15, 0.2) is 24.3 Å². The maximum atomic E-state index is 12.0. The Hall–Kier alpha value is -2.15. The van der Waals surface area contributed by atoms with Gasteiger partial charge in [-0.2, -0.15) is 5.26 Å². The van der Waals surface area contributed by atoms with E-state index in [0.717, 1.165) is 0 Å². The van der Waals surface area contributed by atoms with E-state index in [2.05, 4.69) is 6.07 Å². The summed E-state index contributed by atoms with van der Waals surface area (Å²) in [5, 5.41) is 9.39. The molecule has 0 radical (unpaired) electrons. The van der Waals surface area contributed by atoms with Gasteiger partial charge in [0, 0.05) is 6.42 Å². The Labute approximate surface area is 132 Å². The van der Waals surface area contributed by atoms with E-state index in [-0.39, 0.29) is 23.4 Å². The van der Waals surface area contributed by atoms with Crippen molar-refractivity contribution in [3.63, 3.8) is 0 Å². The highest BCUT2D eigenvalue weighted by atomic mass is 16.5. The average molecular weight is 301 g/mol. The van der Waals surface area contributed by atoms with Crippen LogP contribution in [-0.4, -0.2) is 11.8 Å². The number of benzene rings is 1. The van der Waals surface area contributed by atoms with Crippen LogP contribution in [0, 0.1) is 22.2 Å². The number of nitrogens with zero attached hydrogens (tertiary/aromatic N) is 1. The first kappa shape index (κ1) is 17.9. The smallest absolute Gasteiger partial charge is 0.311 e. The monoisotopic (exact) mass is 301 g/mol. The third-order valence-corrected chi connectivity index (χ3v) is 4.22. The van der Waals surface area contributed by atoms with Crippen molar-refractivity contribution in [1.82, 2.24) is 0 Å². The van der Waals surface area contributed by atoms with E-state index in [9.17, 15) is 14.9 Å². The highest BCUT2D eigenvalue weighted by Gasteiger charge is 2.38. The van der Waals surface area contributed by atoms with E-state index in [1.807, 2.05) is 27.7 Å². The van der Waals surface area contributed by atoms with Gasteiger partial charge in [0.15, 0.2) is 5.78 Å². The van der Waals surface area contributed by atoms with Crippen molar-refractivity contribution in [3.05, 3.63) is 29.8 Å². The minimum Gasteiger partial charge on any atom is -0.426 e. The molecule has 1 aromatic carbocycles. The van der Waals surface area contributed by atoms with E-state index in [4.69, 9.17) is 4.74 Å². The third-order valence-electron chi connectivity index (χ3n) is 4.22. The van der Waals surface area contributed by atoms with Crippen LogP contribution in [0.25, 0.3) is 0 Å². The standard InChI is InChI=1S/C18H23NO3/c1-13(20)14-8-6-7-9-15(14)22-16(21)10-11-18(5,12-19)17(2,3)4/h6-9H,10-11H2,1-5H3. The number of carbonyl (C=O) groups excluding carboxylic acids is 2. The van der Waals surface area contributed by atoms with Gasteiger partial charge in [0.2, 0.25) is 0 Å². The van der Waals surface area contributed by atoms with Gasteiger partial charge in [-0.25, -0.2) is 0 Å². The summed E-state index contributed by atoms with van der Waals surface area (Å²) in [6, 6.07) is 8.96. The number of nitriles is 1. The van der Waals surface area contributed by atoms with Crippen LogP contribution in [0.4, 0.5) is 0 Å². The Morgan fingerprint density at radius 3 is 2.27 bits per heavy atom. The van der Waals surface area contributed by atoms with Crippen LogP contribution in [0.1, 0.15) is 57.8 Å². The molecule has 22 heavy (non-hydrogen) atoms. The third kappa shape index (κ3) is 4.17. The molecule has 0 saturated heterocycles. The number of ketones is 1. The van der Waals surface area contributed by atoms with Crippen molar-refractivity contribution in [2.24, 2.45) is 10.8 Å². The lowest BCUT2D eigenvalue weighted by Crippen LogP contribution is -2.32. The summed E-state index contributed by atoms with van der Waals surface area (Å²) in [5.74, 6) is -0.311. The summed E-state index contributed by atoms with van der Waals surface area (Å²) in [7, 11) is 0. The molecule has 0 N–H and O–H groups in total. The molecule has 4 nitrogen and oxygen atoms in total. The van der Waals surface area contributed by atoms with E-state index >= 15 is 0 Å².